The first-order chi connectivity index (χ1) is 9.41. The summed E-state index contributed by atoms with van der Waals surface area (Å²) in [4.78, 5) is 31.7. The van der Waals surface area contributed by atoms with Crippen LogP contribution >= 0.6 is 0 Å². The van der Waals surface area contributed by atoms with Crippen LogP contribution in [0.3, 0.4) is 0 Å². The monoisotopic (exact) mass is 278 g/mol. The maximum atomic E-state index is 11.1. The second-order valence-corrected chi connectivity index (χ2v) is 4.01. The number of hydrogen-bond acceptors (Lipinski definition) is 4. The third-order valence-corrected chi connectivity index (χ3v) is 2.46. The highest BCUT2D eigenvalue weighted by Crippen LogP contribution is 2.19. The number of aromatic carboxylic acids is 1. The fourth-order valence-corrected chi connectivity index (χ4v) is 1.53. The molecule has 0 radical (unpaired) electrons. The van der Waals surface area contributed by atoms with Crippen LogP contribution in [-0.2, 0) is 4.79 Å². The molecule has 0 aliphatic carbocycles. The first kappa shape index (κ1) is 15.4. The van der Waals surface area contributed by atoms with Gasteiger partial charge in [0.1, 0.15) is 0 Å². The topological polar surface area (TPSA) is 110 Å². The van der Waals surface area contributed by atoms with Gasteiger partial charge in [-0.3, -0.25) is 14.9 Å². The fourth-order valence-electron chi connectivity index (χ4n) is 1.53. The Morgan fingerprint density at radius 2 is 2.15 bits per heavy atom. The lowest BCUT2D eigenvalue weighted by Crippen LogP contribution is -2.20. The molecular formula is C13H14N2O5. The molecule has 106 valence electrons. The van der Waals surface area contributed by atoms with E-state index in [9.17, 15) is 19.7 Å². The number of amides is 1. The van der Waals surface area contributed by atoms with Crippen LogP contribution in [0.1, 0.15) is 29.3 Å². The highest BCUT2D eigenvalue weighted by molar-refractivity contribution is 5.93. The Kier molecular flexibility index (Phi) is 5.40. The zero-order chi connectivity index (χ0) is 15.1. The van der Waals surface area contributed by atoms with Crippen LogP contribution < -0.4 is 5.32 Å². The third-order valence-electron chi connectivity index (χ3n) is 2.46. The molecule has 0 aliphatic heterocycles. The van der Waals surface area contributed by atoms with E-state index >= 15 is 0 Å². The van der Waals surface area contributed by atoms with Gasteiger partial charge in [-0.15, -0.1) is 0 Å². The van der Waals surface area contributed by atoms with Gasteiger partial charge in [-0.2, -0.15) is 0 Å². The summed E-state index contributed by atoms with van der Waals surface area (Å²) in [7, 11) is 0. The summed E-state index contributed by atoms with van der Waals surface area (Å²) < 4.78 is 0. The van der Waals surface area contributed by atoms with Gasteiger partial charge in [0.15, 0.2) is 0 Å². The Morgan fingerprint density at radius 1 is 1.45 bits per heavy atom. The number of nitro groups is 1. The number of carbonyl (C=O) groups excluding carboxylic acids is 1. The number of rotatable bonds is 6. The molecule has 0 aromatic heterocycles. The van der Waals surface area contributed by atoms with Crippen LogP contribution in [0.15, 0.2) is 24.3 Å². The van der Waals surface area contributed by atoms with E-state index < -0.39 is 10.9 Å². The van der Waals surface area contributed by atoms with Gasteiger partial charge in [-0.1, -0.05) is 12.2 Å². The zero-order valence-electron chi connectivity index (χ0n) is 10.8. The Bertz CT molecular complexity index is 566. The molecule has 0 fully saturated rings. The smallest absolute Gasteiger partial charge is 0.336 e. The van der Waals surface area contributed by atoms with Crippen molar-refractivity contribution >= 4 is 23.6 Å². The maximum absolute atomic E-state index is 11.1. The molecule has 2 N–H and O–H groups in total. The number of non-ortho nitro benzene ring substituents is 1. The first-order valence-electron chi connectivity index (χ1n) is 5.84. The predicted molar refractivity (Wildman–Crippen MR) is 72.4 cm³/mol. The van der Waals surface area contributed by atoms with Crippen molar-refractivity contribution in [1.82, 2.24) is 5.32 Å². The van der Waals surface area contributed by atoms with E-state index in [2.05, 4.69) is 5.32 Å². The molecule has 7 heteroatoms. The highest BCUT2D eigenvalue weighted by atomic mass is 16.6. The standard InChI is InChI=1S/C13H14N2O5/c1-9(16)14-7-3-2-4-10-5-6-11(15(19)20)8-12(10)13(17)18/h2,4-6,8H,3,7H2,1H3,(H,14,16)(H,17,18). The molecule has 0 atom stereocenters. The van der Waals surface area contributed by atoms with Crippen LogP contribution in [0.25, 0.3) is 6.08 Å². The Labute approximate surface area is 115 Å². The van der Waals surface area contributed by atoms with E-state index in [0.717, 1.165) is 6.07 Å². The number of carbonyl (C=O) groups is 2. The molecule has 1 aromatic rings. The molecule has 1 amide bonds. The molecule has 1 rings (SSSR count). The van der Waals surface area contributed by atoms with Crippen molar-refractivity contribution in [2.24, 2.45) is 0 Å². The van der Waals surface area contributed by atoms with Gasteiger partial charge < -0.3 is 10.4 Å². The second-order valence-electron chi connectivity index (χ2n) is 4.01. The molecule has 7 nitrogen and oxygen atoms in total. The average Bonchev–Trinajstić information content (AvgIpc) is 2.37. The molecule has 0 spiro atoms. The van der Waals surface area contributed by atoms with Crippen LogP contribution in [0, 0.1) is 10.1 Å². The van der Waals surface area contributed by atoms with Gasteiger partial charge >= 0.3 is 5.97 Å². The summed E-state index contributed by atoms with van der Waals surface area (Å²) in [5.74, 6) is -1.37. The summed E-state index contributed by atoms with van der Waals surface area (Å²) in [6.45, 7) is 1.85. The van der Waals surface area contributed by atoms with Crippen LogP contribution in [-0.4, -0.2) is 28.5 Å². The number of hydrogen-bond donors (Lipinski definition) is 2. The lowest BCUT2D eigenvalue weighted by atomic mass is 10.1. The van der Waals surface area contributed by atoms with E-state index in [4.69, 9.17) is 5.11 Å². The third kappa shape index (κ3) is 4.52. The van der Waals surface area contributed by atoms with Crippen molar-refractivity contribution in [3.05, 3.63) is 45.5 Å². The van der Waals surface area contributed by atoms with Crippen molar-refractivity contribution in [3.8, 4) is 0 Å². The zero-order valence-corrected chi connectivity index (χ0v) is 10.8. The van der Waals surface area contributed by atoms with E-state index in [1.807, 2.05) is 0 Å². The predicted octanol–water partition coefficient (Wildman–Crippen LogP) is 1.83. The molecular weight excluding hydrogens is 264 g/mol. The molecule has 20 heavy (non-hydrogen) atoms. The fraction of sp³-hybridized carbons (Fsp3) is 0.231. The van der Waals surface area contributed by atoms with E-state index in [1.165, 1.54) is 19.1 Å². The number of benzene rings is 1. The number of carboxylic acid groups (broad SMARTS) is 1. The van der Waals surface area contributed by atoms with Gasteiger partial charge in [-0.05, 0) is 18.1 Å². The minimum absolute atomic E-state index is 0.130. The van der Waals surface area contributed by atoms with E-state index in [-0.39, 0.29) is 17.2 Å². The lowest BCUT2D eigenvalue weighted by molar-refractivity contribution is -0.384. The van der Waals surface area contributed by atoms with Crippen LogP contribution in [0.5, 0.6) is 0 Å². The molecule has 1 aromatic carbocycles. The Hall–Kier alpha value is -2.70. The van der Waals surface area contributed by atoms with Crippen molar-refractivity contribution in [3.63, 3.8) is 0 Å². The minimum atomic E-state index is -1.23. The van der Waals surface area contributed by atoms with Crippen molar-refractivity contribution in [2.45, 2.75) is 13.3 Å². The summed E-state index contributed by atoms with van der Waals surface area (Å²) >= 11 is 0. The van der Waals surface area contributed by atoms with Crippen molar-refractivity contribution in [1.29, 1.82) is 0 Å². The van der Waals surface area contributed by atoms with Crippen LogP contribution in [0.4, 0.5) is 5.69 Å². The van der Waals surface area contributed by atoms with Gasteiger partial charge in [0, 0.05) is 25.6 Å². The maximum Gasteiger partial charge on any atom is 0.336 e. The van der Waals surface area contributed by atoms with Gasteiger partial charge in [0.05, 0.1) is 10.5 Å². The number of nitrogens with one attached hydrogen (secondary N) is 1. The molecule has 0 heterocycles. The average molecular weight is 278 g/mol. The Balaban J connectivity index is 2.84. The molecule has 0 aliphatic rings. The van der Waals surface area contributed by atoms with Gasteiger partial charge in [-0.25, -0.2) is 4.79 Å². The normalized spacial score (nSPS) is 10.4. The van der Waals surface area contributed by atoms with Gasteiger partial charge in [0.2, 0.25) is 5.91 Å². The second kappa shape index (κ2) is 7.03. The van der Waals surface area contributed by atoms with E-state index in [1.54, 1.807) is 12.2 Å². The summed E-state index contributed by atoms with van der Waals surface area (Å²) in [5.41, 5.74) is -0.0151. The van der Waals surface area contributed by atoms with E-state index in [0.29, 0.717) is 18.5 Å². The molecule has 0 bridgehead atoms. The number of carboxylic acids is 1. The molecule has 0 saturated heterocycles. The largest absolute Gasteiger partial charge is 0.478 e. The molecule has 0 unspecified atom stereocenters. The molecule has 0 saturated carbocycles. The SMILES string of the molecule is CC(=O)NCCC=Cc1ccc([N+](=O)[O-])cc1C(=O)O. The summed E-state index contributed by atoms with van der Waals surface area (Å²) in [6, 6.07) is 3.66. The summed E-state index contributed by atoms with van der Waals surface area (Å²) in [5, 5.41) is 22.2. The number of nitro benzene ring substituents is 1. The van der Waals surface area contributed by atoms with Crippen molar-refractivity contribution in [2.75, 3.05) is 6.54 Å². The number of nitrogens with zero attached hydrogens (tertiary/aromatic N) is 1. The van der Waals surface area contributed by atoms with Crippen molar-refractivity contribution < 1.29 is 19.6 Å². The Morgan fingerprint density at radius 3 is 2.70 bits per heavy atom. The highest BCUT2D eigenvalue weighted by Gasteiger charge is 2.14. The minimum Gasteiger partial charge on any atom is -0.478 e. The first-order valence-corrected chi connectivity index (χ1v) is 5.84. The summed E-state index contributed by atoms with van der Waals surface area (Å²) in [6.07, 6.45) is 3.80. The quantitative estimate of drug-likeness (QED) is 0.468. The van der Waals surface area contributed by atoms with Crippen LogP contribution in [0.2, 0.25) is 0 Å². The van der Waals surface area contributed by atoms with Gasteiger partial charge in [0.25, 0.3) is 5.69 Å². The lowest BCUT2D eigenvalue weighted by Gasteiger charge is -2.01.